The van der Waals surface area contributed by atoms with Crippen LogP contribution in [0.4, 0.5) is 0 Å². The van der Waals surface area contributed by atoms with Crippen LogP contribution in [0.15, 0.2) is 16.9 Å². The molecule has 0 saturated heterocycles. The summed E-state index contributed by atoms with van der Waals surface area (Å²) in [4.78, 5) is 28.7. The maximum Gasteiger partial charge on any atom is 0.265 e. The van der Waals surface area contributed by atoms with Crippen molar-refractivity contribution in [3.63, 3.8) is 0 Å². The van der Waals surface area contributed by atoms with Crippen molar-refractivity contribution in [3.8, 4) is 11.5 Å². The Morgan fingerprint density at radius 2 is 1.96 bits per heavy atom. The van der Waals surface area contributed by atoms with E-state index < -0.39 is 0 Å². The Labute approximate surface area is 162 Å². The van der Waals surface area contributed by atoms with Crippen LogP contribution in [0.1, 0.15) is 41.8 Å². The average Bonchev–Trinajstić information content (AvgIpc) is 3.25. The largest absolute Gasteiger partial charge is 0.454 e. The lowest BCUT2D eigenvalue weighted by Crippen LogP contribution is -2.36. The van der Waals surface area contributed by atoms with Gasteiger partial charge in [0.1, 0.15) is 10.5 Å². The van der Waals surface area contributed by atoms with E-state index in [1.165, 1.54) is 17.8 Å². The standard InChI is InChI=1S/C18H17N3O4S2/c22-16-10-6-12-13(25-8-24-12)7-11(10)21-15(20-16)14(27-18(21)26)17(23)19-9-4-2-1-3-5-9/h6-7,9H,1-5,8H2,(H,19,23)(H,20,22). The van der Waals surface area contributed by atoms with Gasteiger partial charge in [0.2, 0.25) is 6.79 Å². The molecule has 1 aromatic carbocycles. The molecule has 3 heterocycles. The number of ether oxygens (including phenoxy) is 2. The van der Waals surface area contributed by atoms with Crippen molar-refractivity contribution in [2.24, 2.45) is 0 Å². The van der Waals surface area contributed by atoms with E-state index in [0.29, 0.717) is 36.9 Å². The quantitative estimate of drug-likeness (QED) is 0.641. The minimum Gasteiger partial charge on any atom is -0.454 e. The molecular formula is C18H17N3O4S2. The molecule has 1 fully saturated rings. The fourth-order valence-corrected chi connectivity index (χ4v) is 5.12. The lowest BCUT2D eigenvalue weighted by atomic mass is 9.95. The van der Waals surface area contributed by atoms with Gasteiger partial charge in [-0.2, -0.15) is 0 Å². The van der Waals surface area contributed by atoms with Gasteiger partial charge in [-0.15, -0.1) is 0 Å². The van der Waals surface area contributed by atoms with Crippen molar-refractivity contribution in [1.29, 1.82) is 0 Å². The number of aromatic amines is 1. The summed E-state index contributed by atoms with van der Waals surface area (Å²) in [7, 11) is 0. The summed E-state index contributed by atoms with van der Waals surface area (Å²) in [6.07, 6.45) is 5.46. The van der Waals surface area contributed by atoms with E-state index in [1.54, 1.807) is 16.5 Å². The van der Waals surface area contributed by atoms with Gasteiger partial charge in [-0.05, 0) is 31.1 Å². The van der Waals surface area contributed by atoms with Crippen molar-refractivity contribution >= 4 is 46.0 Å². The summed E-state index contributed by atoms with van der Waals surface area (Å²) >= 11 is 6.71. The molecule has 9 heteroatoms. The third-order valence-corrected chi connectivity index (χ3v) is 6.54. The predicted octanol–water partition coefficient (Wildman–Crippen LogP) is 3.36. The second-order valence-electron chi connectivity index (χ2n) is 6.87. The summed E-state index contributed by atoms with van der Waals surface area (Å²) in [6.45, 7) is 0.122. The molecule has 2 aromatic heterocycles. The zero-order valence-electron chi connectivity index (χ0n) is 14.4. The fraction of sp³-hybridized carbons (Fsp3) is 0.389. The first-order valence-corrected chi connectivity index (χ1v) is 10.2. The summed E-state index contributed by atoms with van der Waals surface area (Å²) in [5, 5.41) is 3.54. The third kappa shape index (κ3) is 2.72. The van der Waals surface area contributed by atoms with Gasteiger partial charge in [-0.25, -0.2) is 0 Å². The molecule has 5 rings (SSSR count). The minimum atomic E-state index is -0.289. The third-order valence-electron chi connectivity index (χ3n) is 5.17. The normalized spacial score (nSPS) is 16.9. The SMILES string of the molecule is O=C(NC1CCCCC1)c1sc(=S)n2c1[nH]c(=O)c1cc3c(cc12)OCO3. The minimum absolute atomic E-state index is 0.122. The van der Waals surface area contributed by atoms with Gasteiger partial charge >= 0.3 is 0 Å². The molecule has 0 bridgehead atoms. The molecular weight excluding hydrogens is 386 g/mol. The highest BCUT2D eigenvalue weighted by atomic mass is 32.1. The number of carbonyl (C=O) groups is 1. The lowest BCUT2D eigenvalue weighted by molar-refractivity contribution is 0.0933. The maximum atomic E-state index is 12.8. The van der Waals surface area contributed by atoms with Gasteiger partial charge in [0.15, 0.2) is 15.5 Å². The summed E-state index contributed by atoms with van der Waals surface area (Å²) < 4.78 is 13.0. The van der Waals surface area contributed by atoms with E-state index >= 15 is 0 Å². The molecule has 1 aliphatic heterocycles. The molecule has 140 valence electrons. The Kier molecular flexibility index (Phi) is 3.94. The van der Waals surface area contributed by atoms with Crippen molar-refractivity contribution in [3.05, 3.63) is 31.3 Å². The van der Waals surface area contributed by atoms with Crippen molar-refractivity contribution in [1.82, 2.24) is 14.7 Å². The smallest absolute Gasteiger partial charge is 0.265 e. The van der Waals surface area contributed by atoms with Gasteiger partial charge in [0.25, 0.3) is 11.5 Å². The lowest BCUT2D eigenvalue weighted by Gasteiger charge is -2.22. The summed E-state index contributed by atoms with van der Waals surface area (Å²) in [5.74, 6) is 0.913. The van der Waals surface area contributed by atoms with E-state index in [2.05, 4.69) is 10.3 Å². The summed E-state index contributed by atoms with van der Waals surface area (Å²) in [6, 6.07) is 3.57. The van der Waals surface area contributed by atoms with Crippen molar-refractivity contribution in [2.45, 2.75) is 38.1 Å². The van der Waals surface area contributed by atoms with E-state index in [-0.39, 0.29) is 24.3 Å². The van der Waals surface area contributed by atoms with Gasteiger partial charge in [0, 0.05) is 12.1 Å². The van der Waals surface area contributed by atoms with Crippen LogP contribution < -0.4 is 20.3 Å². The van der Waals surface area contributed by atoms with Crippen LogP contribution >= 0.6 is 23.6 Å². The van der Waals surface area contributed by atoms with Crippen LogP contribution in [-0.2, 0) is 0 Å². The fourth-order valence-electron chi connectivity index (χ4n) is 3.83. The number of hydrogen-bond donors (Lipinski definition) is 2. The van der Waals surface area contributed by atoms with Gasteiger partial charge in [-0.3, -0.25) is 14.0 Å². The van der Waals surface area contributed by atoms with Gasteiger partial charge in [0.05, 0.1) is 10.9 Å². The number of fused-ring (bicyclic) bond motifs is 4. The molecule has 7 nitrogen and oxygen atoms in total. The first kappa shape index (κ1) is 16.8. The van der Waals surface area contributed by atoms with Crippen LogP contribution in [0.25, 0.3) is 16.6 Å². The Morgan fingerprint density at radius 3 is 2.74 bits per heavy atom. The molecule has 0 atom stereocenters. The topological polar surface area (TPSA) is 84.8 Å². The van der Waals surface area contributed by atoms with Crippen molar-refractivity contribution < 1.29 is 14.3 Å². The number of nitrogens with one attached hydrogen (secondary N) is 2. The molecule has 3 aromatic rings. The second-order valence-corrected chi connectivity index (χ2v) is 8.51. The molecule has 1 amide bonds. The molecule has 27 heavy (non-hydrogen) atoms. The van der Waals surface area contributed by atoms with Crippen LogP contribution in [-0.4, -0.2) is 28.1 Å². The van der Waals surface area contributed by atoms with Crippen LogP contribution in [0, 0.1) is 3.95 Å². The van der Waals surface area contributed by atoms with E-state index in [0.717, 1.165) is 25.7 Å². The first-order valence-electron chi connectivity index (χ1n) is 8.94. The Morgan fingerprint density at radius 1 is 1.22 bits per heavy atom. The maximum absolute atomic E-state index is 12.8. The van der Waals surface area contributed by atoms with Crippen LogP contribution in [0.3, 0.4) is 0 Å². The Hall–Kier alpha value is -2.39. The zero-order valence-corrected chi connectivity index (χ0v) is 16.0. The molecule has 2 N–H and O–H groups in total. The zero-order chi connectivity index (χ0) is 18.5. The Bertz CT molecular complexity index is 1190. The number of aromatic nitrogens is 2. The molecule has 1 saturated carbocycles. The molecule has 0 spiro atoms. The van der Waals surface area contributed by atoms with Crippen LogP contribution in [0.5, 0.6) is 11.5 Å². The molecule has 0 unspecified atom stereocenters. The molecule has 0 radical (unpaired) electrons. The van der Waals surface area contributed by atoms with Gasteiger partial charge < -0.3 is 19.8 Å². The monoisotopic (exact) mass is 403 g/mol. The highest BCUT2D eigenvalue weighted by Crippen LogP contribution is 2.36. The average molecular weight is 403 g/mol. The number of rotatable bonds is 2. The highest BCUT2D eigenvalue weighted by Gasteiger charge is 2.23. The van der Waals surface area contributed by atoms with E-state index in [4.69, 9.17) is 21.7 Å². The number of hydrogen-bond acceptors (Lipinski definition) is 6. The van der Waals surface area contributed by atoms with Crippen LogP contribution in [0.2, 0.25) is 0 Å². The Balaban J connectivity index is 1.66. The highest BCUT2D eigenvalue weighted by molar-refractivity contribution is 7.73. The number of nitrogens with zero attached hydrogens (tertiary/aromatic N) is 1. The molecule has 2 aliphatic rings. The van der Waals surface area contributed by atoms with Crippen molar-refractivity contribution in [2.75, 3.05) is 6.79 Å². The number of H-pyrrole nitrogens is 1. The predicted molar refractivity (Wildman–Crippen MR) is 105 cm³/mol. The molecule has 1 aliphatic carbocycles. The summed E-state index contributed by atoms with van der Waals surface area (Å²) in [5.41, 5.74) is 0.744. The number of carbonyl (C=O) groups excluding carboxylic acids is 1. The van der Waals surface area contributed by atoms with E-state index in [9.17, 15) is 9.59 Å². The van der Waals surface area contributed by atoms with E-state index in [1.807, 2.05) is 0 Å². The number of amides is 1. The van der Waals surface area contributed by atoms with Gasteiger partial charge in [-0.1, -0.05) is 30.6 Å². The first-order chi connectivity index (χ1) is 13.1. The number of thiazole rings is 1. The number of benzene rings is 1. The second kappa shape index (κ2) is 6.35.